The lowest BCUT2D eigenvalue weighted by molar-refractivity contribution is -0.347. The van der Waals surface area contributed by atoms with Crippen LogP contribution in [0.3, 0.4) is 0 Å². The van der Waals surface area contributed by atoms with Crippen molar-refractivity contribution in [3.63, 3.8) is 0 Å². The van der Waals surface area contributed by atoms with Gasteiger partial charge < -0.3 is 59.1 Å². The van der Waals surface area contributed by atoms with E-state index >= 15 is 0 Å². The number of rotatable bonds is 7. The molecule has 2 saturated heterocycles. The molecule has 13 nitrogen and oxygen atoms in total. The Bertz CT molecular complexity index is 1280. The number of fused-ring (bicyclic) bond motifs is 5. The van der Waals surface area contributed by atoms with Gasteiger partial charge in [-0.15, -0.1) is 0 Å². The number of aliphatic hydroxyl groups is 6. The van der Waals surface area contributed by atoms with Crippen LogP contribution in [0.1, 0.15) is 85.0 Å². The molecule has 0 radical (unpaired) electrons. The first-order chi connectivity index (χ1) is 23.2. The quantitative estimate of drug-likeness (QED) is 0.164. The number of hydrogen-bond donors (Lipinski definition) is 6. The molecule has 278 valence electrons. The maximum absolute atomic E-state index is 12.5. The van der Waals surface area contributed by atoms with Crippen LogP contribution in [0.4, 0.5) is 0 Å². The first-order valence-corrected chi connectivity index (χ1v) is 18.3. The van der Waals surface area contributed by atoms with Crippen LogP contribution in [0, 0.1) is 28.6 Å². The lowest BCUT2D eigenvalue weighted by Gasteiger charge is -2.66. The van der Waals surface area contributed by atoms with E-state index in [2.05, 4.69) is 13.8 Å². The van der Waals surface area contributed by atoms with Crippen LogP contribution < -0.4 is 0 Å². The second-order valence-electron chi connectivity index (χ2n) is 16.6. The molecule has 3 heterocycles. The standard InChI is InChI=1S/C36H56O13/c1-18-31(49-32-30(41)29(40)28(39)25(16-37)48-32)24(44-4)14-27(46-18)47-20-5-9-33(2)22-6-10-34(3)21(19-13-26(38)45-17-19)8-12-36(34,43)23(22)7-11-35(33,42)15-20/h13,18,20-25,27-32,37,39-43H,5-12,14-17H2,1-4H3/t18-,20-,21+,22-,23+,24-,25+,27+,28+,29-,30+,31-,32-,33-,34-,35+,36-/m1/s1. The number of carbonyl (C=O) groups excluding carboxylic acids is 1. The van der Waals surface area contributed by atoms with Gasteiger partial charge in [-0.25, -0.2) is 4.79 Å². The van der Waals surface area contributed by atoms with E-state index in [1.165, 1.54) is 0 Å². The van der Waals surface area contributed by atoms with Crippen molar-refractivity contribution in [2.24, 2.45) is 28.6 Å². The molecule has 0 aromatic rings. The molecule has 0 aromatic carbocycles. The summed E-state index contributed by atoms with van der Waals surface area (Å²) in [5.74, 6) is 0.0783. The number of aliphatic hydroxyl groups excluding tert-OH is 4. The van der Waals surface area contributed by atoms with Crippen LogP contribution in [0.2, 0.25) is 0 Å². The van der Waals surface area contributed by atoms with E-state index in [-0.39, 0.29) is 40.7 Å². The van der Waals surface area contributed by atoms with Gasteiger partial charge in [0.15, 0.2) is 12.6 Å². The van der Waals surface area contributed by atoms with Crippen LogP contribution in [0.15, 0.2) is 11.6 Å². The minimum absolute atomic E-state index is 0.0724. The van der Waals surface area contributed by atoms with Crippen LogP contribution in [-0.2, 0) is 33.2 Å². The molecule has 0 bridgehead atoms. The zero-order chi connectivity index (χ0) is 35.1. The Kier molecular flexibility index (Phi) is 9.60. The van der Waals surface area contributed by atoms with E-state index in [0.717, 1.165) is 44.1 Å². The highest BCUT2D eigenvalue weighted by atomic mass is 16.7. The summed E-state index contributed by atoms with van der Waals surface area (Å²) in [6.45, 7) is 5.98. The van der Waals surface area contributed by atoms with Gasteiger partial charge in [-0.3, -0.25) is 0 Å². The van der Waals surface area contributed by atoms with Gasteiger partial charge >= 0.3 is 5.97 Å². The lowest BCUT2D eigenvalue weighted by Crippen LogP contribution is -2.67. The summed E-state index contributed by atoms with van der Waals surface area (Å²) < 4.78 is 35.4. The highest BCUT2D eigenvalue weighted by Crippen LogP contribution is 2.70. The summed E-state index contributed by atoms with van der Waals surface area (Å²) >= 11 is 0. The number of carbonyl (C=O) groups is 1. The van der Waals surface area contributed by atoms with Crippen molar-refractivity contribution in [2.75, 3.05) is 20.3 Å². The highest BCUT2D eigenvalue weighted by molar-refractivity contribution is 5.85. The fraction of sp³-hybridized carbons (Fsp3) is 0.917. The Morgan fingerprint density at radius 2 is 1.63 bits per heavy atom. The number of cyclic esters (lactones) is 1. The first-order valence-electron chi connectivity index (χ1n) is 18.3. The van der Waals surface area contributed by atoms with Crippen LogP contribution in [0.5, 0.6) is 0 Å². The topological polar surface area (TPSA) is 194 Å². The Labute approximate surface area is 287 Å². The van der Waals surface area contributed by atoms with E-state index < -0.39 is 73.1 Å². The second kappa shape index (κ2) is 13.0. The van der Waals surface area contributed by atoms with Crippen LogP contribution in [-0.4, -0.2) is 130 Å². The molecule has 6 N–H and O–H groups in total. The summed E-state index contributed by atoms with van der Waals surface area (Å²) in [5, 5.41) is 65.4. The largest absolute Gasteiger partial charge is 0.458 e. The van der Waals surface area contributed by atoms with Gasteiger partial charge in [-0.05, 0) is 87.0 Å². The fourth-order valence-electron chi connectivity index (χ4n) is 11.5. The molecule has 7 rings (SSSR count). The Hall–Kier alpha value is -1.23. The molecule has 0 unspecified atom stereocenters. The van der Waals surface area contributed by atoms with Gasteiger partial charge in [-0.1, -0.05) is 13.8 Å². The predicted molar refractivity (Wildman–Crippen MR) is 170 cm³/mol. The zero-order valence-electron chi connectivity index (χ0n) is 29.1. The van der Waals surface area contributed by atoms with Crippen molar-refractivity contribution in [3.05, 3.63) is 11.6 Å². The average molecular weight is 697 g/mol. The number of esters is 1. The smallest absolute Gasteiger partial charge is 0.331 e. The summed E-state index contributed by atoms with van der Waals surface area (Å²) in [7, 11) is 1.55. The molecule has 49 heavy (non-hydrogen) atoms. The fourth-order valence-corrected chi connectivity index (χ4v) is 11.5. The van der Waals surface area contributed by atoms with E-state index in [0.29, 0.717) is 32.3 Å². The monoisotopic (exact) mass is 696 g/mol. The van der Waals surface area contributed by atoms with Crippen molar-refractivity contribution < 1.29 is 63.9 Å². The van der Waals surface area contributed by atoms with Crippen molar-refractivity contribution in [1.82, 2.24) is 0 Å². The van der Waals surface area contributed by atoms with E-state index in [1.807, 2.05) is 0 Å². The minimum atomic E-state index is -1.56. The number of methoxy groups -OCH3 is 1. The van der Waals surface area contributed by atoms with E-state index in [9.17, 15) is 35.4 Å². The Morgan fingerprint density at radius 1 is 0.898 bits per heavy atom. The van der Waals surface area contributed by atoms with Crippen molar-refractivity contribution in [2.45, 2.75) is 158 Å². The van der Waals surface area contributed by atoms with E-state index in [1.54, 1.807) is 20.1 Å². The average Bonchev–Trinajstić information content (AvgIpc) is 3.61. The number of hydrogen-bond acceptors (Lipinski definition) is 13. The molecule has 17 atom stereocenters. The van der Waals surface area contributed by atoms with Crippen LogP contribution in [0.25, 0.3) is 0 Å². The molecule has 13 heteroatoms. The molecule has 6 fully saturated rings. The summed E-state index contributed by atoms with van der Waals surface area (Å²) in [5.41, 5.74) is -1.52. The molecule has 0 spiro atoms. The van der Waals surface area contributed by atoms with Gasteiger partial charge in [0.05, 0.1) is 36.1 Å². The van der Waals surface area contributed by atoms with Gasteiger partial charge in [0.25, 0.3) is 0 Å². The third-order valence-electron chi connectivity index (χ3n) is 14.5. The maximum atomic E-state index is 12.5. The molecule has 4 aliphatic carbocycles. The summed E-state index contributed by atoms with van der Waals surface area (Å²) in [6.07, 6.45) is -1.10. The molecule has 3 aliphatic heterocycles. The second-order valence-corrected chi connectivity index (χ2v) is 16.6. The van der Waals surface area contributed by atoms with E-state index in [4.69, 9.17) is 28.4 Å². The minimum Gasteiger partial charge on any atom is -0.458 e. The van der Waals surface area contributed by atoms with Gasteiger partial charge in [0.2, 0.25) is 0 Å². The summed E-state index contributed by atoms with van der Waals surface area (Å²) in [4.78, 5) is 11.9. The van der Waals surface area contributed by atoms with Crippen molar-refractivity contribution >= 4 is 5.97 Å². The van der Waals surface area contributed by atoms with Gasteiger partial charge in [0.1, 0.15) is 37.1 Å². The van der Waals surface area contributed by atoms with Crippen LogP contribution >= 0.6 is 0 Å². The molecular weight excluding hydrogens is 640 g/mol. The zero-order valence-corrected chi connectivity index (χ0v) is 29.1. The lowest BCUT2D eigenvalue weighted by atomic mass is 9.42. The predicted octanol–water partition coefficient (Wildman–Crippen LogP) is 1.08. The van der Waals surface area contributed by atoms with Crippen molar-refractivity contribution in [3.8, 4) is 0 Å². The highest BCUT2D eigenvalue weighted by Gasteiger charge is 2.70. The molecule has 7 aliphatic rings. The van der Waals surface area contributed by atoms with Crippen molar-refractivity contribution in [1.29, 1.82) is 0 Å². The Balaban J connectivity index is 0.994. The van der Waals surface area contributed by atoms with Gasteiger partial charge in [-0.2, -0.15) is 0 Å². The third-order valence-corrected chi connectivity index (χ3v) is 14.5. The Morgan fingerprint density at radius 3 is 2.33 bits per heavy atom. The van der Waals surface area contributed by atoms with Gasteiger partial charge in [0, 0.05) is 31.4 Å². The first kappa shape index (κ1) is 36.1. The molecule has 0 aromatic heterocycles. The third kappa shape index (κ3) is 5.65. The molecule has 4 saturated carbocycles. The molecular formula is C36H56O13. The maximum Gasteiger partial charge on any atom is 0.331 e. The SMILES string of the molecule is CO[C@@H]1C[C@H](O[C@@H]2CC[C@]3(C)[C@@H]4CC[C@]5(C)[C@H](C6=CC(=O)OC6)CC[C@@]5(O)[C@H]4CC[C@]3(O)C2)O[C@H](C)[C@H]1O[C@H]1O[C@@H](CO)[C@H](O)[C@@H](O)[C@@H]1O. The number of ether oxygens (including phenoxy) is 6. The normalized spacial score (nSPS) is 54.4. The summed E-state index contributed by atoms with van der Waals surface area (Å²) in [6, 6.07) is 0. The molecule has 0 amide bonds.